The first-order valence-electron chi connectivity index (χ1n) is 4.82. The summed E-state index contributed by atoms with van der Waals surface area (Å²) in [5.74, 6) is 0.587. The Bertz CT molecular complexity index is 431. The van der Waals surface area contributed by atoms with Crippen molar-refractivity contribution < 1.29 is 0 Å². The molecule has 2 rings (SSSR count). The van der Waals surface area contributed by atoms with E-state index in [1.807, 2.05) is 13.1 Å². The summed E-state index contributed by atoms with van der Waals surface area (Å²) in [6.07, 6.45) is 8.03. The molecule has 5 nitrogen and oxygen atoms in total. The van der Waals surface area contributed by atoms with Crippen molar-refractivity contribution in [3.05, 3.63) is 35.9 Å². The van der Waals surface area contributed by atoms with Crippen LogP contribution in [0.5, 0.6) is 0 Å². The SMILES string of the molecule is Cc1cnn(-c2ncc(CCN)cn2)c1. The van der Waals surface area contributed by atoms with Gasteiger partial charge in [0.15, 0.2) is 0 Å². The number of nitrogens with two attached hydrogens (primary N) is 1. The van der Waals surface area contributed by atoms with Crippen LogP contribution in [0.2, 0.25) is 0 Å². The van der Waals surface area contributed by atoms with Crippen molar-refractivity contribution in [3.8, 4) is 5.95 Å². The van der Waals surface area contributed by atoms with E-state index in [9.17, 15) is 0 Å². The number of aromatic nitrogens is 4. The second-order valence-electron chi connectivity index (χ2n) is 3.39. The Labute approximate surface area is 88.0 Å². The monoisotopic (exact) mass is 203 g/mol. The summed E-state index contributed by atoms with van der Waals surface area (Å²) in [4.78, 5) is 8.43. The van der Waals surface area contributed by atoms with Crippen LogP contribution in [-0.4, -0.2) is 26.3 Å². The van der Waals surface area contributed by atoms with Crippen LogP contribution in [-0.2, 0) is 6.42 Å². The van der Waals surface area contributed by atoms with Gasteiger partial charge in [-0.2, -0.15) is 5.10 Å². The molecule has 2 aromatic rings. The maximum atomic E-state index is 5.44. The molecule has 2 N–H and O–H groups in total. The summed E-state index contributed by atoms with van der Waals surface area (Å²) >= 11 is 0. The van der Waals surface area contributed by atoms with Crippen LogP contribution in [0.4, 0.5) is 0 Å². The molecule has 0 amide bonds. The topological polar surface area (TPSA) is 69.6 Å². The highest BCUT2D eigenvalue weighted by molar-refractivity contribution is 5.15. The molecule has 15 heavy (non-hydrogen) atoms. The van der Waals surface area contributed by atoms with Gasteiger partial charge in [0.1, 0.15) is 0 Å². The Hall–Kier alpha value is -1.75. The molecule has 0 spiro atoms. The minimum atomic E-state index is 0.587. The van der Waals surface area contributed by atoms with Crippen molar-refractivity contribution in [2.24, 2.45) is 5.73 Å². The number of hydrogen-bond donors (Lipinski definition) is 1. The van der Waals surface area contributed by atoms with E-state index in [-0.39, 0.29) is 0 Å². The van der Waals surface area contributed by atoms with Gasteiger partial charge in [-0.1, -0.05) is 0 Å². The van der Waals surface area contributed by atoms with Gasteiger partial charge < -0.3 is 5.73 Å². The van der Waals surface area contributed by atoms with Gasteiger partial charge in [-0.05, 0) is 31.0 Å². The molecule has 0 bridgehead atoms. The summed E-state index contributed by atoms with van der Waals surface area (Å²) < 4.78 is 1.65. The second kappa shape index (κ2) is 4.18. The zero-order chi connectivity index (χ0) is 10.7. The van der Waals surface area contributed by atoms with Crippen LogP contribution in [0.15, 0.2) is 24.8 Å². The lowest BCUT2D eigenvalue weighted by molar-refractivity contribution is 0.798. The minimum absolute atomic E-state index is 0.587. The van der Waals surface area contributed by atoms with E-state index in [1.165, 1.54) is 0 Å². The highest BCUT2D eigenvalue weighted by Crippen LogP contribution is 2.02. The van der Waals surface area contributed by atoms with Crippen LogP contribution < -0.4 is 5.73 Å². The molecule has 0 aliphatic heterocycles. The fourth-order valence-electron chi connectivity index (χ4n) is 1.28. The number of aryl methyl sites for hydroxylation is 1. The first kappa shape index (κ1) is 9.79. The van der Waals surface area contributed by atoms with E-state index in [2.05, 4.69) is 15.1 Å². The fourth-order valence-corrected chi connectivity index (χ4v) is 1.28. The summed E-state index contributed by atoms with van der Waals surface area (Å²) in [6.45, 7) is 2.59. The minimum Gasteiger partial charge on any atom is -0.330 e. The molecule has 2 heterocycles. The third-order valence-corrected chi connectivity index (χ3v) is 2.04. The molecule has 2 aromatic heterocycles. The van der Waals surface area contributed by atoms with E-state index < -0.39 is 0 Å². The third kappa shape index (κ3) is 2.19. The molecule has 0 aliphatic rings. The van der Waals surface area contributed by atoms with Crippen LogP contribution in [0, 0.1) is 6.92 Å². The largest absolute Gasteiger partial charge is 0.330 e. The third-order valence-electron chi connectivity index (χ3n) is 2.04. The van der Waals surface area contributed by atoms with Crippen LogP contribution >= 0.6 is 0 Å². The van der Waals surface area contributed by atoms with Crippen LogP contribution in [0.3, 0.4) is 0 Å². The molecule has 0 aliphatic carbocycles. The Morgan fingerprint density at radius 1 is 1.27 bits per heavy atom. The van der Waals surface area contributed by atoms with Gasteiger partial charge in [0.05, 0.1) is 6.20 Å². The lowest BCUT2D eigenvalue weighted by Crippen LogP contribution is -2.06. The molecule has 0 unspecified atom stereocenters. The van der Waals surface area contributed by atoms with Gasteiger partial charge in [-0.3, -0.25) is 0 Å². The van der Waals surface area contributed by atoms with Gasteiger partial charge in [-0.25, -0.2) is 14.6 Å². The Morgan fingerprint density at radius 3 is 2.53 bits per heavy atom. The van der Waals surface area contributed by atoms with Gasteiger partial charge in [0, 0.05) is 18.6 Å². The molecule has 0 aromatic carbocycles. The van der Waals surface area contributed by atoms with E-state index in [0.29, 0.717) is 12.5 Å². The normalized spacial score (nSPS) is 10.5. The highest BCUT2D eigenvalue weighted by Gasteiger charge is 2.01. The van der Waals surface area contributed by atoms with E-state index >= 15 is 0 Å². The lowest BCUT2D eigenvalue weighted by atomic mass is 10.2. The van der Waals surface area contributed by atoms with E-state index in [1.54, 1.807) is 23.3 Å². The predicted molar refractivity (Wildman–Crippen MR) is 56.6 cm³/mol. The van der Waals surface area contributed by atoms with Crippen molar-refractivity contribution in [2.45, 2.75) is 13.3 Å². The molecule has 5 heteroatoms. The fraction of sp³-hybridized carbons (Fsp3) is 0.300. The Kier molecular flexibility index (Phi) is 2.73. The molecule has 0 fully saturated rings. The summed E-state index contributed by atoms with van der Waals surface area (Å²) in [5, 5.41) is 4.13. The van der Waals surface area contributed by atoms with E-state index in [0.717, 1.165) is 17.5 Å². The maximum absolute atomic E-state index is 5.44. The first-order chi connectivity index (χ1) is 7.29. The van der Waals surface area contributed by atoms with Gasteiger partial charge in [-0.15, -0.1) is 0 Å². The lowest BCUT2D eigenvalue weighted by Gasteiger charge is -2.00. The molecule has 0 atom stereocenters. The standard InChI is InChI=1S/C10H13N5/c1-8-4-14-15(7-8)10-12-5-9(2-3-11)6-13-10/h4-7H,2-3,11H2,1H3. The highest BCUT2D eigenvalue weighted by atomic mass is 15.3. The number of hydrogen-bond acceptors (Lipinski definition) is 4. The zero-order valence-corrected chi connectivity index (χ0v) is 8.59. The number of nitrogens with zero attached hydrogens (tertiary/aromatic N) is 4. The maximum Gasteiger partial charge on any atom is 0.250 e. The van der Waals surface area contributed by atoms with Crippen molar-refractivity contribution in [2.75, 3.05) is 6.54 Å². The van der Waals surface area contributed by atoms with Crippen molar-refractivity contribution in [1.29, 1.82) is 0 Å². The first-order valence-corrected chi connectivity index (χ1v) is 4.82. The molecule has 0 saturated heterocycles. The van der Waals surface area contributed by atoms with Crippen molar-refractivity contribution >= 4 is 0 Å². The van der Waals surface area contributed by atoms with Gasteiger partial charge in [0.2, 0.25) is 5.95 Å². The van der Waals surface area contributed by atoms with Crippen molar-refractivity contribution in [3.63, 3.8) is 0 Å². The average molecular weight is 203 g/mol. The smallest absolute Gasteiger partial charge is 0.250 e. The van der Waals surface area contributed by atoms with Crippen LogP contribution in [0.25, 0.3) is 5.95 Å². The quantitative estimate of drug-likeness (QED) is 0.787. The van der Waals surface area contributed by atoms with Gasteiger partial charge >= 0.3 is 0 Å². The summed E-state index contributed by atoms with van der Waals surface area (Å²) in [5.41, 5.74) is 7.57. The van der Waals surface area contributed by atoms with E-state index in [4.69, 9.17) is 5.73 Å². The molecular formula is C10H13N5. The van der Waals surface area contributed by atoms with Crippen molar-refractivity contribution in [1.82, 2.24) is 19.7 Å². The van der Waals surface area contributed by atoms with Gasteiger partial charge in [0.25, 0.3) is 0 Å². The predicted octanol–water partition coefficient (Wildman–Crippen LogP) is 0.472. The molecular weight excluding hydrogens is 190 g/mol. The average Bonchev–Trinajstić information content (AvgIpc) is 2.67. The molecule has 78 valence electrons. The summed E-state index contributed by atoms with van der Waals surface area (Å²) in [6, 6.07) is 0. The zero-order valence-electron chi connectivity index (χ0n) is 8.59. The molecule has 0 radical (unpaired) electrons. The Balaban J connectivity index is 2.23. The summed E-state index contributed by atoms with van der Waals surface area (Å²) in [7, 11) is 0. The molecule has 0 saturated carbocycles. The second-order valence-corrected chi connectivity index (χ2v) is 3.39. The number of rotatable bonds is 3. The Morgan fingerprint density at radius 2 is 2.00 bits per heavy atom. The van der Waals surface area contributed by atoms with Crippen LogP contribution in [0.1, 0.15) is 11.1 Å².